The highest BCUT2D eigenvalue weighted by Crippen LogP contribution is 1.85. The highest BCUT2D eigenvalue weighted by Gasteiger charge is 1.66. The van der Waals surface area contributed by atoms with Crippen molar-refractivity contribution in [3.63, 3.8) is 0 Å². The Morgan fingerprint density at radius 2 is 1.75 bits per heavy atom. The number of allylic oxidation sites excluding steroid dienone is 4. The van der Waals surface area contributed by atoms with Gasteiger partial charge in [0, 0.05) is 0 Å². The molecule has 0 fully saturated rings. The second-order valence-corrected chi connectivity index (χ2v) is 0.692. The SMILES string of the molecule is [C]1=CC=C1. The third-order valence-electron chi connectivity index (χ3n) is 0.385. The van der Waals surface area contributed by atoms with Crippen LogP contribution in [-0.4, -0.2) is 0 Å². The van der Waals surface area contributed by atoms with Crippen LogP contribution in [0.1, 0.15) is 0 Å². The van der Waals surface area contributed by atoms with Crippen molar-refractivity contribution in [3.05, 3.63) is 24.3 Å². The van der Waals surface area contributed by atoms with Crippen LogP contribution in [0.15, 0.2) is 18.2 Å². The van der Waals surface area contributed by atoms with E-state index < -0.39 is 0 Å². The van der Waals surface area contributed by atoms with Crippen LogP contribution in [0.5, 0.6) is 0 Å². The smallest absolute Gasteiger partial charge is 0.0184 e. The molecule has 1 radical (unpaired) electrons. The van der Waals surface area contributed by atoms with Gasteiger partial charge in [-0.2, -0.15) is 0 Å². The van der Waals surface area contributed by atoms with E-state index in [1.54, 1.807) is 0 Å². The van der Waals surface area contributed by atoms with Gasteiger partial charge in [0.15, 0.2) is 0 Å². The first kappa shape index (κ1) is 1.77. The number of hydrogen-bond donors (Lipinski definition) is 0. The Kier molecular flexibility index (Phi) is 0.198. The fourth-order valence-electron chi connectivity index (χ4n) is 0.0962. The maximum atomic E-state index is 2.81. The molecule has 0 heterocycles. The third kappa shape index (κ3) is 0.0282. The molecule has 0 unspecified atom stereocenters. The second-order valence-electron chi connectivity index (χ2n) is 0.692. The maximum Gasteiger partial charge on any atom is -0.0184 e. The van der Waals surface area contributed by atoms with E-state index in [-0.39, 0.29) is 0 Å². The molecule has 0 saturated heterocycles. The molecule has 0 heteroatoms. The van der Waals surface area contributed by atoms with Gasteiger partial charge in [-0.3, -0.25) is 0 Å². The fourth-order valence-corrected chi connectivity index (χ4v) is 0.0962. The summed E-state index contributed by atoms with van der Waals surface area (Å²) in [5, 5.41) is 0. The largest absolute Gasteiger partial charge is 0.0610 e. The molecule has 0 atom stereocenters. The normalized spacial score (nSPS) is 16.0. The van der Waals surface area contributed by atoms with Crippen molar-refractivity contribution in [1.29, 1.82) is 0 Å². The molecular formula is C4H3. The Bertz CT molecular complexity index is 40.4. The molecule has 1 aliphatic rings. The summed E-state index contributed by atoms with van der Waals surface area (Å²) >= 11 is 0. The Hall–Kier alpha value is -0.520. The molecule has 0 saturated carbocycles. The van der Waals surface area contributed by atoms with Crippen LogP contribution in [0.2, 0.25) is 0 Å². The van der Waals surface area contributed by atoms with Gasteiger partial charge in [-0.1, -0.05) is 18.2 Å². The minimum atomic E-state index is 1.88. The van der Waals surface area contributed by atoms with E-state index in [2.05, 4.69) is 6.08 Å². The zero-order chi connectivity index (χ0) is 2.83. The van der Waals surface area contributed by atoms with Crippen LogP contribution in [0.25, 0.3) is 0 Å². The predicted octanol–water partition coefficient (Wildman–Crippen LogP) is 0.916. The summed E-state index contributed by atoms with van der Waals surface area (Å²) < 4.78 is 0. The molecule has 0 aromatic heterocycles. The molecule has 0 aliphatic heterocycles. The van der Waals surface area contributed by atoms with Crippen molar-refractivity contribution in [1.82, 2.24) is 0 Å². The summed E-state index contributed by atoms with van der Waals surface area (Å²) in [5.74, 6) is 0. The lowest BCUT2D eigenvalue weighted by Gasteiger charge is -1.75. The standard InChI is InChI=1S/C4H3/c1-2-4-3-1/h1-3H. The summed E-state index contributed by atoms with van der Waals surface area (Å²) in [4.78, 5) is 0. The average molecular weight is 51.1 g/mol. The summed E-state index contributed by atoms with van der Waals surface area (Å²) in [6.45, 7) is 0. The first-order valence-electron chi connectivity index (χ1n) is 1.24. The monoisotopic (exact) mass is 51.0 g/mol. The Morgan fingerprint density at radius 3 is 1.75 bits per heavy atom. The molecule has 0 bridgehead atoms. The van der Waals surface area contributed by atoms with E-state index in [1.165, 1.54) is 0 Å². The van der Waals surface area contributed by atoms with Gasteiger partial charge in [0.25, 0.3) is 0 Å². The average Bonchev–Trinajstić information content (AvgIpc) is 0.722. The predicted molar refractivity (Wildman–Crippen MR) is 17.0 cm³/mol. The van der Waals surface area contributed by atoms with Crippen LogP contribution < -0.4 is 0 Å². The van der Waals surface area contributed by atoms with Crippen molar-refractivity contribution < 1.29 is 0 Å². The summed E-state index contributed by atoms with van der Waals surface area (Å²) in [5.41, 5.74) is 0. The van der Waals surface area contributed by atoms with Crippen LogP contribution in [0.4, 0.5) is 0 Å². The molecule has 0 N–H and O–H groups in total. The third-order valence-corrected chi connectivity index (χ3v) is 0.385. The van der Waals surface area contributed by atoms with Gasteiger partial charge in [0.2, 0.25) is 0 Å². The van der Waals surface area contributed by atoms with E-state index in [9.17, 15) is 0 Å². The van der Waals surface area contributed by atoms with Crippen LogP contribution >= 0.6 is 0 Å². The van der Waals surface area contributed by atoms with Gasteiger partial charge in [0.1, 0.15) is 0 Å². The van der Waals surface area contributed by atoms with Gasteiger partial charge < -0.3 is 0 Å². The minimum absolute atomic E-state index is 1.88. The maximum absolute atomic E-state index is 2.81. The topological polar surface area (TPSA) is 0 Å². The van der Waals surface area contributed by atoms with Crippen molar-refractivity contribution in [2.24, 2.45) is 0 Å². The van der Waals surface area contributed by atoms with E-state index in [1.807, 2.05) is 18.2 Å². The Balaban J connectivity index is 2.67. The fraction of sp³-hybridized carbons (Fsp3) is 0. The van der Waals surface area contributed by atoms with Crippen molar-refractivity contribution in [2.75, 3.05) is 0 Å². The number of hydrogen-bond acceptors (Lipinski definition) is 0. The first-order chi connectivity index (χ1) is 2.00. The molecule has 0 aromatic carbocycles. The van der Waals surface area contributed by atoms with E-state index in [0.29, 0.717) is 0 Å². The van der Waals surface area contributed by atoms with Gasteiger partial charge in [-0.15, -0.1) is 0 Å². The van der Waals surface area contributed by atoms with Gasteiger partial charge in [-0.05, 0) is 6.08 Å². The van der Waals surface area contributed by atoms with Gasteiger partial charge in [-0.25, -0.2) is 0 Å². The van der Waals surface area contributed by atoms with Gasteiger partial charge in [0.05, 0.1) is 0 Å². The molecule has 0 amide bonds. The minimum Gasteiger partial charge on any atom is -0.0610 e. The van der Waals surface area contributed by atoms with Crippen molar-refractivity contribution in [3.8, 4) is 0 Å². The lowest BCUT2D eigenvalue weighted by Crippen LogP contribution is -1.57. The zero-order valence-electron chi connectivity index (χ0n) is 2.23. The molecule has 0 aromatic rings. The lowest BCUT2D eigenvalue weighted by molar-refractivity contribution is 1.73. The first-order valence-corrected chi connectivity index (χ1v) is 1.24. The highest BCUT2D eigenvalue weighted by atomic mass is 13.7. The molecule has 0 nitrogen and oxygen atoms in total. The molecule has 1 aliphatic carbocycles. The molecule has 1 rings (SSSR count). The van der Waals surface area contributed by atoms with E-state index in [4.69, 9.17) is 0 Å². The van der Waals surface area contributed by atoms with E-state index >= 15 is 0 Å². The van der Waals surface area contributed by atoms with Crippen LogP contribution in [0, 0.1) is 6.08 Å². The lowest BCUT2D eigenvalue weighted by atomic mass is 10.3. The Morgan fingerprint density at radius 1 is 1.50 bits per heavy atom. The second kappa shape index (κ2) is 0.449. The zero-order valence-corrected chi connectivity index (χ0v) is 2.23. The number of rotatable bonds is 0. The molecule has 4 heavy (non-hydrogen) atoms. The van der Waals surface area contributed by atoms with Crippen molar-refractivity contribution >= 4 is 0 Å². The summed E-state index contributed by atoms with van der Waals surface area (Å²) in [6, 6.07) is 0. The van der Waals surface area contributed by atoms with E-state index in [0.717, 1.165) is 0 Å². The molecular weight excluding hydrogens is 48.0 g/mol. The highest BCUT2D eigenvalue weighted by molar-refractivity contribution is 5.16. The van der Waals surface area contributed by atoms with Crippen LogP contribution in [-0.2, 0) is 0 Å². The molecule has 19 valence electrons. The van der Waals surface area contributed by atoms with Crippen molar-refractivity contribution in [2.45, 2.75) is 0 Å². The summed E-state index contributed by atoms with van der Waals surface area (Å²) in [6.07, 6.45) is 8.50. The quantitative estimate of drug-likeness (QED) is 0.383. The van der Waals surface area contributed by atoms with Gasteiger partial charge >= 0.3 is 0 Å². The molecule has 0 spiro atoms. The summed E-state index contributed by atoms with van der Waals surface area (Å²) in [7, 11) is 0. The Labute approximate surface area is 25.4 Å². The van der Waals surface area contributed by atoms with Crippen LogP contribution in [0.3, 0.4) is 0 Å².